The van der Waals surface area contributed by atoms with Gasteiger partial charge in [-0.05, 0) is 154 Å². The third kappa shape index (κ3) is 20.9. The quantitative estimate of drug-likeness (QED) is 0.0334. The number of benzene rings is 1. The van der Waals surface area contributed by atoms with Crippen LogP contribution in [0.2, 0.25) is 0 Å². The molecule has 0 unspecified atom stereocenters. The van der Waals surface area contributed by atoms with Crippen molar-refractivity contribution in [3.63, 3.8) is 0 Å². The molecule has 7 heterocycles. The van der Waals surface area contributed by atoms with Gasteiger partial charge < -0.3 is 0 Å². The van der Waals surface area contributed by atoms with E-state index in [4.69, 9.17) is 0 Å². The number of unbranched alkanes of at least 4 members (excludes halogenated alkanes) is 28. The van der Waals surface area contributed by atoms with E-state index in [2.05, 4.69) is 149 Å². The average Bonchev–Trinajstić information content (AvgIpc) is 4.56. The molecule has 0 bridgehead atoms. The minimum absolute atomic E-state index is 1.17. The minimum Gasteiger partial charge on any atom is -0.139 e. The Balaban J connectivity index is 1.01. The largest absolute Gasteiger partial charge is 0.139 e. The average molecular weight is 1240 g/mol. The first-order chi connectivity index (χ1) is 40.8. The molecule has 83 heavy (non-hydrogen) atoms. The fourth-order valence-electron chi connectivity index (χ4n) is 12.1. The summed E-state index contributed by atoms with van der Waals surface area (Å²) in [5.41, 5.74) is 8.99. The van der Waals surface area contributed by atoms with Crippen molar-refractivity contribution >= 4 is 79.4 Å². The van der Waals surface area contributed by atoms with Gasteiger partial charge in [-0.3, -0.25) is 0 Å². The van der Waals surface area contributed by atoms with Gasteiger partial charge in [0.1, 0.15) is 0 Å². The Hall–Kier alpha value is -2.88. The first-order valence-corrected chi connectivity index (χ1v) is 39.4. The summed E-state index contributed by atoms with van der Waals surface area (Å²) in [6.45, 7) is 13.8. The van der Waals surface area contributed by atoms with E-state index in [9.17, 15) is 0 Å². The molecule has 1 aromatic carbocycles. The molecule has 0 atom stereocenters. The minimum atomic E-state index is 1.17. The van der Waals surface area contributed by atoms with Crippen LogP contribution in [0.1, 0.15) is 266 Å². The molecule has 0 aliphatic rings. The van der Waals surface area contributed by atoms with E-state index in [1.54, 1.807) is 27.1 Å². The van der Waals surface area contributed by atoms with Gasteiger partial charge in [-0.15, -0.1) is 79.4 Å². The normalized spacial score (nSPS) is 11.8. The second-order valence-corrected chi connectivity index (χ2v) is 32.0. The number of rotatable bonds is 43. The van der Waals surface area contributed by atoms with Crippen LogP contribution in [-0.2, 0) is 25.7 Å². The Labute approximate surface area is 534 Å². The zero-order chi connectivity index (χ0) is 57.9. The Kier molecular flexibility index (Phi) is 29.5. The van der Waals surface area contributed by atoms with E-state index in [0.29, 0.717) is 0 Å². The molecule has 0 aliphatic heterocycles. The summed E-state index contributed by atoms with van der Waals surface area (Å²) in [5.74, 6) is 0. The van der Waals surface area contributed by atoms with Gasteiger partial charge in [-0.25, -0.2) is 0 Å². The highest BCUT2D eigenvalue weighted by Gasteiger charge is 2.22. The molecule has 0 amide bonds. The van der Waals surface area contributed by atoms with Crippen LogP contribution in [0.15, 0.2) is 84.9 Å². The second-order valence-electron chi connectivity index (χ2n) is 24.4. The summed E-state index contributed by atoms with van der Waals surface area (Å²) in [5, 5.41) is 0. The van der Waals surface area contributed by atoms with Gasteiger partial charge in [-0.1, -0.05) is 237 Å². The van der Waals surface area contributed by atoms with Gasteiger partial charge in [0.2, 0.25) is 0 Å². The SMILES string of the molecule is CCCCCCCCCCc1cc(C)sc1-c1cc(CCCCCCCCCC)c(-c2ccc(-c3ccc(-c4ccc(-c5sc(-c6sc(-c7ccc(C)cc7)cc6CCCCCCCCCC)cc5CCCCCCCCCC)s4)s3)s2)s1. The molecule has 450 valence electrons. The lowest BCUT2D eigenvalue weighted by molar-refractivity contribution is 0.575. The molecule has 0 nitrogen and oxygen atoms in total. The number of hydrogen-bond donors (Lipinski definition) is 0. The molecule has 0 N–H and O–H groups in total. The number of hydrogen-bond acceptors (Lipinski definition) is 7. The molecule has 0 radical (unpaired) electrons. The summed E-state index contributed by atoms with van der Waals surface area (Å²) >= 11 is 14.3. The summed E-state index contributed by atoms with van der Waals surface area (Å²) in [7, 11) is 0. The van der Waals surface area contributed by atoms with E-state index >= 15 is 0 Å². The van der Waals surface area contributed by atoms with Crippen molar-refractivity contribution < 1.29 is 0 Å². The van der Waals surface area contributed by atoms with Crippen LogP contribution in [0.3, 0.4) is 0 Å². The smallest absolute Gasteiger partial charge is 0.0481 e. The van der Waals surface area contributed by atoms with Crippen molar-refractivity contribution in [3.05, 3.63) is 118 Å². The monoisotopic (exact) mass is 1240 g/mol. The Bertz CT molecular complexity index is 3020. The predicted octanol–water partition coefficient (Wildman–Crippen LogP) is 29.1. The van der Waals surface area contributed by atoms with Crippen LogP contribution in [0.4, 0.5) is 0 Å². The molecule has 0 saturated heterocycles. The number of thiophene rings is 7. The topological polar surface area (TPSA) is 0 Å². The van der Waals surface area contributed by atoms with Crippen molar-refractivity contribution in [2.75, 3.05) is 0 Å². The van der Waals surface area contributed by atoms with E-state index in [1.165, 1.54) is 306 Å². The summed E-state index contributed by atoms with van der Waals surface area (Å²) in [6.07, 6.45) is 48.4. The van der Waals surface area contributed by atoms with E-state index < -0.39 is 0 Å². The van der Waals surface area contributed by atoms with Crippen LogP contribution < -0.4 is 0 Å². The van der Waals surface area contributed by atoms with Gasteiger partial charge >= 0.3 is 0 Å². The third-order valence-electron chi connectivity index (χ3n) is 17.1. The molecule has 7 aromatic heterocycles. The van der Waals surface area contributed by atoms with Gasteiger partial charge in [0.05, 0.1) is 0 Å². The third-order valence-corrected chi connectivity index (χ3v) is 26.1. The van der Waals surface area contributed by atoms with Crippen molar-refractivity contribution in [2.24, 2.45) is 0 Å². The van der Waals surface area contributed by atoms with Crippen LogP contribution in [0, 0.1) is 13.8 Å². The fraction of sp³-hybridized carbons (Fsp3) is 0.553. The second kappa shape index (κ2) is 37.1. The maximum atomic E-state index is 2.64. The Morgan fingerprint density at radius 3 is 0.855 bits per heavy atom. The van der Waals surface area contributed by atoms with E-state index in [-0.39, 0.29) is 0 Å². The summed E-state index contributed by atoms with van der Waals surface area (Å²) < 4.78 is 0. The molecule has 0 fully saturated rings. The summed E-state index contributed by atoms with van der Waals surface area (Å²) in [4.78, 5) is 20.5. The van der Waals surface area contributed by atoms with Gasteiger partial charge in [0.25, 0.3) is 0 Å². The molecule has 0 saturated carbocycles. The maximum Gasteiger partial charge on any atom is 0.0481 e. The standard InChI is InChI=1S/C76H104S7/c1-7-11-15-19-23-27-31-35-39-60-53-58(6)77-75(60)71-55-62(41-37-33-29-25-21-17-13-9-3)73(82-71)68-51-49-66(79-68)64-47-48-65(78-64)67-50-52-69(80-67)74-63(42-38-34-30-26-22-18-14-10-4)56-72(83-74)76-61(40-36-32-28-24-20-16-12-8-2)54-70(81-76)59-45-43-57(5)44-46-59/h43-56H,7-42H2,1-6H3. The lowest BCUT2D eigenvalue weighted by Gasteiger charge is -2.04. The lowest BCUT2D eigenvalue weighted by Crippen LogP contribution is -1.87. The molecule has 8 aromatic rings. The van der Waals surface area contributed by atoms with Gasteiger partial charge in [0.15, 0.2) is 0 Å². The highest BCUT2D eigenvalue weighted by molar-refractivity contribution is 7.31. The van der Waals surface area contributed by atoms with Gasteiger partial charge in [0, 0.05) is 68.3 Å². The van der Waals surface area contributed by atoms with Gasteiger partial charge in [-0.2, -0.15) is 0 Å². The first kappa shape index (κ1) is 66.1. The van der Waals surface area contributed by atoms with Crippen molar-refractivity contribution in [2.45, 2.75) is 273 Å². The number of aryl methyl sites for hydroxylation is 6. The van der Waals surface area contributed by atoms with Crippen molar-refractivity contribution in [1.29, 1.82) is 0 Å². The van der Waals surface area contributed by atoms with Crippen LogP contribution in [0.5, 0.6) is 0 Å². The zero-order valence-electron chi connectivity index (χ0n) is 52.4. The van der Waals surface area contributed by atoms with Crippen molar-refractivity contribution in [1.82, 2.24) is 0 Å². The Morgan fingerprint density at radius 2 is 0.494 bits per heavy atom. The van der Waals surface area contributed by atoms with Crippen LogP contribution in [0.25, 0.3) is 69.0 Å². The fourth-order valence-corrected chi connectivity index (χ4v) is 20.6. The van der Waals surface area contributed by atoms with Crippen LogP contribution in [-0.4, -0.2) is 0 Å². The maximum absolute atomic E-state index is 2.64. The molecular weight excluding hydrogens is 1140 g/mol. The molecule has 0 spiro atoms. The Morgan fingerprint density at radius 1 is 0.229 bits per heavy atom. The highest BCUT2D eigenvalue weighted by atomic mass is 32.1. The lowest BCUT2D eigenvalue weighted by atomic mass is 10.0. The molecule has 8 rings (SSSR count). The summed E-state index contributed by atoms with van der Waals surface area (Å²) in [6, 6.07) is 34.2. The molecule has 0 aliphatic carbocycles. The highest BCUT2D eigenvalue weighted by Crippen LogP contribution is 2.51. The van der Waals surface area contributed by atoms with Crippen molar-refractivity contribution in [3.8, 4) is 69.0 Å². The van der Waals surface area contributed by atoms with E-state index in [0.717, 1.165) is 0 Å². The molecule has 7 heteroatoms. The molecular formula is C76H104S7. The van der Waals surface area contributed by atoms with E-state index in [1.807, 2.05) is 56.7 Å². The zero-order valence-corrected chi connectivity index (χ0v) is 58.1. The first-order valence-electron chi connectivity index (χ1n) is 33.7. The predicted molar refractivity (Wildman–Crippen MR) is 384 cm³/mol. The van der Waals surface area contributed by atoms with Crippen LogP contribution >= 0.6 is 79.4 Å².